The molecule has 0 aliphatic carbocycles. The third-order valence-corrected chi connectivity index (χ3v) is 0.818. The van der Waals surface area contributed by atoms with Gasteiger partial charge in [0.25, 0.3) is 0 Å². The fourth-order valence-corrected chi connectivity index (χ4v) is 0.315. The normalized spacial score (nSPS) is 15.0. The molecule has 0 aromatic heterocycles. The highest BCUT2D eigenvalue weighted by atomic mass is 19.3. The van der Waals surface area contributed by atoms with Crippen LogP contribution in [0.2, 0.25) is 0 Å². The molecule has 0 fully saturated rings. The maximum atomic E-state index is 12.0. The Labute approximate surface area is 64.3 Å². The van der Waals surface area contributed by atoms with E-state index in [-0.39, 0.29) is 13.8 Å². The minimum Gasteiger partial charge on any atom is -0.251 e. The molecule has 0 N–H and O–H groups in total. The molecule has 0 aliphatic heterocycles. The molecule has 7 heteroatoms. The molecule has 0 radical (unpaired) electrons. The molecule has 0 saturated heterocycles. The van der Waals surface area contributed by atoms with Crippen LogP contribution >= 0.6 is 0 Å². The van der Waals surface area contributed by atoms with Gasteiger partial charge in [-0.05, 0) is 0 Å². The fraction of sp³-hybridized carbons (Fsp3) is 1.00. The SMILES string of the molecule is CC(F)(F)OC(F)(F)C(C)(F)F. The largest absolute Gasteiger partial charge is 0.423 e. The summed E-state index contributed by atoms with van der Waals surface area (Å²) in [6, 6.07) is 0. The molecule has 0 bridgehead atoms. The van der Waals surface area contributed by atoms with Crippen LogP contribution in [0.1, 0.15) is 13.8 Å². The first-order valence-corrected chi connectivity index (χ1v) is 2.79. The highest BCUT2D eigenvalue weighted by Gasteiger charge is 2.58. The zero-order valence-corrected chi connectivity index (χ0v) is 6.18. The van der Waals surface area contributed by atoms with E-state index in [4.69, 9.17) is 0 Å². The van der Waals surface area contributed by atoms with Crippen molar-refractivity contribution in [3.63, 3.8) is 0 Å². The first-order valence-electron chi connectivity index (χ1n) is 2.79. The van der Waals surface area contributed by atoms with Gasteiger partial charge in [-0.3, -0.25) is 4.74 Å². The van der Waals surface area contributed by atoms with Gasteiger partial charge in [-0.25, -0.2) is 0 Å². The van der Waals surface area contributed by atoms with E-state index in [1.807, 2.05) is 0 Å². The molecule has 0 amide bonds. The minimum absolute atomic E-state index is 0.0490. The third kappa shape index (κ3) is 3.29. The van der Waals surface area contributed by atoms with Gasteiger partial charge in [0.05, 0.1) is 0 Å². The van der Waals surface area contributed by atoms with Gasteiger partial charge in [-0.2, -0.15) is 26.3 Å². The lowest BCUT2D eigenvalue weighted by molar-refractivity contribution is -0.422. The molecule has 0 aromatic carbocycles. The van der Waals surface area contributed by atoms with E-state index < -0.39 is 18.1 Å². The summed E-state index contributed by atoms with van der Waals surface area (Å²) in [7, 11) is 0. The van der Waals surface area contributed by atoms with E-state index in [0.717, 1.165) is 0 Å². The summed E-state index contributed by atoms with van der Waals surface area (Å²) in [5.41, 5.74) is 0. The van der Waals surface area contributed by atoms with Crippen molar-refractivity contribution in [3.8, 4) is 0 Å². The van der Waals surface area contributed by atoms with Gasteiger partial charge in [0.15, 0.2) is 0 Å². The lowest BCUT2D eigenvalue weighted by Crippen LogP contribution is -2.44. The van der Waals surface area contributed by atoms with Crippen molar-refractivity contribution in [1.82, 2.24) is 0 Å². The molecule has 0 aliphatic rings. The smallest absolute Gasteiger partial charge is 0.251 e. The summed E-state index contributed by atoms with van der Waals surface area (Å²) in [5.74, 6) is -4.63. The highest BCUT2D eigenvalue weighted by Crippen LogP contribution is 2.38. The summed E-state index contributed by atoms with van der Waals surface area (Å²) in [4.78, 5) is 0. The number of hydrogen-bond donors (Lipinski definition) is 0. The summed E-state index contributed by atoms with van der Waals surface area (Å²) in [5, 5.41) is 0. The average Bonchev–Trinajstić information content (AvgIpc) is 1.52. The van der Waals surface area contributed by atoms with Crippen LogP contribution < -0.4 is 0 Å². The van der Waals surface area contributed by atoms with E-state index in [1.54, 1.807) is 0 Å². The van der Waals surface area contributed by atoms with Crippen LogP contribution in [-0.4, -0.2) is 18.1 Å². The topological polar surface area (TPSA) is 9.23 Å². The first kappa shape index (κ1) is 11.5. The Bertz CT molecular complexity index is 154. The molecular weight excluding hydrogens is 190 g/mol. The summed E-state index contributed by atoms with van der Waals surface area (Å²) in [6.07, 6.45) is -9.45. The van der Waals surface area contributed by atoms with Gasteiger partial charge in [0.2, 0.25) is 0 Å². The van der Waals surface area contributed by atoms with Crippen LogP contribution in [0.5, 0.6) is 0 Å². The highest BCUT2D eigenvalue weighted by molar-refractivity contribution is 4.71. The van der Waals surface area contributed by atoms with E-state index in [2.05, 4.69) is 4.74 Å². The quantitative estimate of drug-likeness (QED) is 0.630. The maximum absolute atomic E-state index is 12.0. The number of halogens is 6. The Balaban J connectivity index is 4.44. The Morgan fingerprint density at radius 2 is 1.17 bits per heavy atom. The average molecular weight is 196 g/mol. The second kappa shape index (κ2) is 2.79. The lowest BCUT2D eigenvalue weighted by atomic mass is 10.3. The number of rotatable bonds is 3. The first-order chi connectivity index (χ1) is 4.96. The molecule has 0 saturated carbocycles. The van der Waals surface area contributed by atoms with Gasteiger partial charge >= 0.3 is 18.1 Å². The molecule has 0 aromatic rings. The summed E-state index contributed by atoms with van der Waals surface area (Å²) < 4.78 is 73.6. The fourth-order valence-electron chi connectivity index (χ4n) is 0.315. The second-order valence-corrected chi connectivity index (χ2v) is 2.32. The van der Waals surface area contributed by atoms with Crippen molar-refractivity contribution in [1.29, 1.82) is 0 Å². The van der Waals surface area contributed by atoms with Gasteiger partial charge < -0.3 is 0 Å². The summed E-state index contributed by atoms with van der Waals surface area (Å²) >= 11 is 0. The van der Waals surface area contributed by atoms with Crippen LogP contribution in [0.25, 0.3) is 0 Å². The van der Waals surface area contributed by atoms with Crippen LogP contribution in [0.15, 0.2) is 0 Å². The molecule has 12 heavy (non-hydrogen) atoms. The van der Waals surface area contributed by atoms with Crippen molar-refractivity contribution in [2.75, 3.05) is 0 Å². The zero-order chi connectivity index (χ0) is 10.2. The molecule has 0 spiro atoms. The van der Waals surface area contributed by atoms with Gasteiger partial charge in [-0.1, -0.05) is 0 Å². The number of alkyl halides is 6. The molecule has 1 nitrogen and oxygen atoms in total. The Hall–Kier alpha value is -0.460. The van der Waals surface area contributed by atoms with Gasteiger partial charge in [-0.15, -0.1) is 0 Å². The maximum Gasteiger partial charge on any atom is 0.423 e. The Morgan fingerprint density at radius 3 is 1.25 bits per heavy atom. The van der Waals surface area contributed by atoms with Crippen molar-refractivity contribution in [3.05, 3.63) is 0 Å². The van der Waals surface area contributed by atoms with Crippen molar-refractivity contribution < 1.29 is 31.1 Å². The minimum atomic E-state index is -5.16. The molecular formula is C5H6F6O. The van der Waals surface area contributed by atoms with Crippen LogP contribution in [0.3, 0.4) is 0 Å². The van der Waals surface area contributed by atoms with Gasteiger partial charge in [0, 0.05) is 13.8 Å². The van der Waals surface area contributed by atoms with Crippen molar-refractivity contribution >= 4 is 0 Å². The van der Waals surface area contributed by atoms with E-state index in [0.29, 0.717) is 0 Å². The Morgan fingerprint density at radius 1 is 0.833 bits per heavy atom. The standard InChI is InChI=1S/C5H6F6O/c1-3(6,7)5(10,11)12-4(2,8)9/h1-2H3. The predicted octanol–water partition coefficient (Wildman–Crippen LogP) is 2.86. The molecule has 0 unspecified atom stereocenters. The lowest BCUT2D eigenvalue weighted by Gasteiger charge is -2.25. The second-order valence-electron chi connectivity index (χ2n) is 2.32. The number of hydrogen-bond acceptors (Lipinski definition) is 1. The van der Waals surface area contributed by atoms with Crippen LogP contribution in [0.4, 0.5) is 26.3 Å². The van der Waals surface area contributed by atoms with Crippen molar-refractivity contribution in [2.45, 2.75) is 32.0 Å². The molecule has 0 heterocycles. The predicted molar refractivity (Wildman–Crippen MR) is 27.3 cm³/mol. The monoisotopic (exact) mass is 196 g/mol. The van der Waals surface area contributed by atoms with E-state index >= 15 is 0 Å². The van der Waals surface area contributed by atoms with E-state index in [9.17, 15) is 26.3 Å². The molecule has 74 valence electrons. The zero-order valence-electron chi connectivity index (χ0n) is 6.18. The van der Waals surface area contributed by atoms with E-state index in [1.165, 1.54) is 0 Å². The molecule has 0 atom stereocenters. The van der Waals surface area contributed by atoms with Crippen LogP contribution in [-0.2, 0) is 4.74 Å². The third-order valence-electron chi connectivity index (χ3n) is 0.818. The summed E-state index contributed by atoms with van der Waals surface area (Å²) in [6.45, 7) is -0.259. The Kier molecular flexibility index (Phi) is 2.68. The van der Waals surface area contributed by atoms with Crippen molar-refractivity contribution in [2.24, 2.45) is 0 Å². The van der Waals surface area contributed by atoms with Crippen LogP contribution in [0, 0.1) is 0 Å². The molecule has 0 rings (SSSR count). The van der Waals surface area contributed by atoms with Gasteiger partial charge in [0.1, 0.15) is 0 Å². The number of ether oxygens (including phenoxy) is 1.